The molecular weight excluding hydrogens is 374 g/mol. The average Bonchev–Trinajstić information content (AvgIpc) is 3.25. The lowest BCUT2D eigenvalue weighted by atomic mass is 9.91. The molecule has 156 valence electrons. The van der Waals surface area contributed by atoms with Crippen molar-refractivity contribution in [1.29, 1.82) is 0 Å². The number of carbonyl (C=O) groups is 1. The summed E-state index contributed by atoms with van der Waals surface area (Å²) in [6.07, 6.45) is 4.43. The molecule has 0 unspecified atom stereocenters. The van der Waals surface area contributed by atoms with Gasteiger partial charge in [0.2, 0.25) is 0 Å². The van der Waals surface area contributed by atoms with Gasteiger partial charge in [0.15, 0.2) is 0 Å². The van der Waals surface area contributed by atoms with Crippen LogP contribution in [-0.2, 0) is 20.8 Å². The molecule has 8 nitrogen and oxygen atoms in total. The Bertz CT molecular complexity index is 914. The fraction of sp³-hybridized carbons (Fsp3) is 0.571. The van der Waals surface area contributed by atoms with Crippen molar-refractivity contribution in [2.45, 2.75) is 43.9 Å². The van der Waals surface area contributed by atoms with Gasteiger partial charge in [-0.25, -0.2) is 4.98 Å². The fourth-order valence-corrected chi connectivity index (χ4v) is 4.01. The molecule has 8 heteroatoms. The molecule has 2 fully saturated rings. The molecule has 4 rings (SSSR count). The van der Waals surface area contributed by atoms with Gasteiger partial charge in [0.05, 0.1) is 42.0 Å². The molecule has 1 aromatic heterocycles. The second kappa shape index (κ2) is 8.61. The van der Waals surface area contributed by atoms with Crippen molar-refractivity contribution in [3.05, 3.63) is 40.9 Å². The summed E-state index contributed by atoms with van der Waals surface area (Å²) in [5.41, 5.74) is -0.493. The molecule has 2 aliphatic rings. The van der Waals surface area contributed by atoms with Gasteiger partial charge in [0, 0.05) is 19.7 Å². The minimum absolute atomic E-state index is 0.0271. The van der Waals surface area contributed by atoms with Crippen molar-refractivity contribution >= 4 is 16.9 Å². The SMILES string of the molecule is O=C(CN1CCC(O)(Cn2cnc3ccccc3c2=O)CC1)OC[C@@H]1CCCO1. The van der Waals surface area contributed by atoms with Gasteiger partial charge in [0.1, 0.15) is 6.61 Å². The summed E-state index contributed by atoms with van der Waals surface area (Å²) in [5, 5.41) is 11.5. The van der Waals surface area contributed by atoms with Gasteiger partial charge >= 0.3 is 5.97 Å². The molecule has 0 radical (unpaired) electrons. The van der Waals surface area contributed by atoms with Crippen molar-refractivity contribution in [2.75, 3.05) is 32.8 Å². The third-order valence-corrected chi connectivity index (χ3v) is 5.79. The smallest absolute Gasteiger partial charge is 0.320 e. The predicted molar refractivity (Wildman–Crippen MR) is 107 cm³/mol. The van der Waals surface area contributed by atoms with Crippen LogP contribution in [-0.4, -0.2) is 70.1 Å². The third kappa shape index (κ3) is 4.83. The Balaban J connectivity index is 1.29. The zero-order valence-electron chi connectivity index (χ0n) is 16.5. The van der Waals surface area contributed by atoms with Crippen LogP contribution >= 0.6 is 0 Å². The Morgan fingerprint density at radius 2 is 2.10 bits per heavy atom. The van der Waals surface area contributed by atoms with Gasteiger partial charge in [0.25, 0.3) is 5.56 Å². The molecule has 2 aliphatic heterocycles. The van der Waals surface area contributed by atoms with Crippen LogP contribution in [0.1, 0.15) is 25.7 Å². The van der Waals surface area contributed by atoms with E-state index in [1.54, 1.807) is 18.2 Å². The number of esters is 1. The number of para-hydroxylation sites is 1. The molecule has 1 atom stereocenters. The molecular formula is C21H27N3O5. The van der Waals surface area contributed by atoms with E-state index < -0.39 is 5.60 Å². The first-order valence-electron chi connectivity index (χ1n) is 10.2. The Kier molecular flexibility index (Phi) is 5.94. The maximum absolute atomic E-state index is 12.7. The van der Waals surface area contributed by atoms with Crippen LogP contribution in [0.15, 0.2) is 35.4 Å². The number of aromatic nitrogens is 2. The van der Waals surface area contributed by atoms with E-state index in [9.17, 15) is 14.7 Å². The number of nitrogens with zero attached hydrogens (tertiary/aromatic N) is 3. The summed E-state index contributed by atoms with van der Waals surface area (Å²) in [6.45, 7) is 2.60. The third-order valence-electron chi connectivity index (χ3n) is 5.79. The highest BCUT2D eigenvalue weighted by atomic mass is 16.6. The Hall–Kier alpha value is -2.29. The van der Waals surface area contributed by atoms with Crippen LogP contribution in [0.25, 0.3) is 10.9 Å². The highest BCUT2D eigenvalue weighted by Crippen LogP contribution is 2.24. The minimum atomic E-state index is -0.994. The molecule has 0 amide bonds. The standard InChI is InChI=1S/C21H27N3O5/c25-19(29-13-16-4-3-11-28-16)12-23-9-7-21(27,8-10-23)14-24-15-22-18-6-2-1-5-17(18)20(24)26/h1-2,5-6,15-16,27H,3-4,7-14H2/t16-/m0/s1. The van der Waals surface area contributed by atoms with Crippen molar-refractivity contribution < 1.29 is 19.4 Å². The van der Waals surface area contributed by atoms with Crippen LogP contribution in [0.3, 0.4) is 0 Å². The summed E-state index contributed by atoms with van der Waals surface area (Å²) in [5.74, 6) is -0.263. The quantitative estimate of drug-likeness (QED) is 0.720. The summed E-state index contributed by atoms with van der Waals surface area (Å²) >= 11 is 0. The van der Waals surface area contributed by atoms with Gasteiger partial charge in [-0.15, -0.1) is 0 Å². The van der Waals surface area contributed by atoms with Crippen molar-refractivity contribution in [3.8, 4) is 0 Å². The number of rotatable bonds is 6. The highest BCUT2D eigenvalue weighted by molar-refractivity contribution is 5.76. The normalized spacial score (nSPS) is 22.0. The van der Waals surface area contributed by atoms with Gasteiger partial charge in [-0.05, 0) is 37.8 Å². The summed E-state index contributed by atoms with van der Waals surface area (Å²) in [4.78, 5) is 31.0. The molecule has 2 saturated heterocycles. The number of carbonyl (C=O) groups excluding carboxylic acids is 1. The van der Waals surface area contributed by atoms with E-state index in [-0.39, 0.29) is 30.7 Å². The van der Waals surface area contributed by atoms with Crippen LogP contribution in [0.5, 0.6) is 0 Å². The first-order chi connectivity index (χ1) is 14.0. The van der Waals surface area contributed by atoms with E-state index in [4.69, 9.17) is 9.47 Å². The molecule has 1 N–H and O–H groups in total. The lowest BCUT2D eigenvalue weighted by Crippen LogP contribution is -2.49. The lowest BCUT2D eigenvalue weighted by molar-refractivity contribution is -0.149. The first kappa shape index (κ1) is 20.0. The minimum Gasteiger partial charge on any atom is -0.462 e. The molecule has 3 heterocycles. The van der Waals surface area contributed by atoms with E-state index in [0.717, 1.165) is 19.4 Å². The number of hydrogen-bond donors (Lipinski definition) is 1. The molecule has 29 heavy (non-hydrogen) atoms. The van der Waals surface area contributed by atoms with Gasteiger partial charge < -0.3 is 14.6 Å². The second-order valence-corrected chi connectivity index (χ2v) is 8.01. The Morgan fingerprint density at radius 1 is 1.31 bits per heavy atom. The van der Waals surface area contributed by atoms with Gasteiger partial charge in [-0.3, -0.25) is 19.1 Å². The van der Waals surface area contributed by atoms with E-state index in [0.29, 0.717) is 43.4 Å². The molecule has 2 aromatic rings. The van der Waals surface area contributed by atoms with Crippen molar-refractivity contribution in [1.82, 2.24) is 14.5 Å². The maximum Gasteiger partial charge on any atom is 0.320 e. The topological polar surface area (TPSA) is 93.9 Å². The number of piperidine rings is 1. The van der Waals surface area contributed by atoms with E-state index >= 15 is 0 Å². The number of fused-ring (bicyclic) bond motifs is 1. The van der Waals surface area contributed by atoms with Crippen molar-refractivity contribution in [3.63, 3.8) is 0 Å². The zero-order valence-corrected chi connectivity index (χ0v) is 16.5. The molecule has 1 aromatic carbocycles. The maximum atomic E-state index is 12.7. The number of aliphatic hydroxyl groups is 1. The molecule has 0 aliphatic carbocycles. The average molecular weight is 401 g/mol. The summed E-state index contributed by atoms with van der Waals surface area (Å²) < 4.78 is 12.2. The second-order valence-electron chi connectivity index (χ2n) is 8.01. The summed E-state index contributed by atoms with van der Waals surface area (Å²) in [6, 6.07) is 7.19. The van der Waals surface area contributed by atoms with Crippen molar-refractivity contribution in [2.24, 2.45) is 0 Å². The largest absolute Gasteiger partial charge is 0.462 e. The lowest BCUT2D eigenvalue weighted by Gasteiger charge is -2.38. The van der Waals surface area contributed by atoms with E-state index in [2.05, 4.69) is 4.98 Å². The van der Waals surface area contributed by atoms with Crippen LogP contribution in [0.4, 0.5) is 0 Å². The van der Waals surface area contributed by atoms with Crippen LogP contribution < -0.4 is 5.56 Å². The summed E-state index contributed by atoms with van der Waals surface area (Å²) in [7, 11) is 0. The monoisotopic (exact) mass is 401 g/mol. The number of hydrogen-bond acceptors (Lipinski definition) is 7. The molecule has 0 spiro atoms. The van der Waals surface area contributed by atoms with E-state index in [1.165, 1.54) is 10.9 Å². The first-order valence-corrected chi connectivity index (χ1v) is 10.2. The highest BCUT2D eigenvalue weighted by Gasteiger charge is 2.34. The van der Waals surface area contributed by atoms with Crippen LogP contribution in [0, 0.1) is 0 Å². The molecule has 0 saturated carbocycles. The fourth-order valence-electron chi connectivity index (χ4n) is 4.01. The number of benzene rings is 1. The van der Waals surface area contributed by atoms with Crippen LogP contribution in [0.2, 0.25) is 0 Å². The number of ether oxygens (including phenoxy) is 2. The van der Waals surface area contributed by atoms with E-state index in [1.807, 2.05) is 11.0 Å². The zero-order chi connectivity index (χ0) is 20.3. The Labute approximate surface area is 169 Å². The number of likely N-dealkylation sites (tertiary alicyclic amines) is 1. The van der Waals surface area contributed by atoms with Gasteiger partial charge in [-0.2, -0.15) is 0 Å². The van der Waals surface area contributed by atoms with Gasteiger partial charge in [-0.1, -0.05) is 12.1 Å². The Morgan fingerprint density at radius 3 is 2.86 bits per heavy atom. The molecule has 0 bridgehead atoms. The predicted octanol–water partition coefficient (Wildman–Crippen LogP) is 0.946.